The Bertz CT molecular complexity index is 1240. The van der Waals surface area contributed by atoms with Gasteiger partial charge in [-0.15, -0.1) is 0 Å². The molecule has 3 aromatic rings. The molecule has 0 fully saturated rings. The lowest BCUT2D eigenvalue weighted by atomic mass is 10.2. The average molecular weight is 507 g/mol. The van der Waals surface area contributed by atoms with Crippen molar-refractivity contribution < 1.29 is 18.8 Å². The topological polar surface area (TPSA) is 124 Å². The Labute approximate surface area is 198 Å². The highest BCUT2D eigenvalue weighted by Crippen LogP contribution is 2.16. The van der Waals surface area contributed by atoms with E-state index in [4.69, 9.17) is 4.42 Å². The van der Waals surface area contributed by atoms with Gasteiger partial charge in [-0.25, -0.2) is 0 Å². The van der Waals surface area contributed by atoms with E-state index in [2.05, 4.69) is 31.9 Å². The van der Waals surface area contributed by atoms with Crippen LogP contribution in [0.25, 0.3) is 6.08 Å². The predicted molar refractivity (Wildman–Crippen MR) is 127 cm³/mol. The Hall–Kier alpha value is -4.16. The summed E-state index contributed by atoms with van der Waals surface area (Å²) in [5.74, 6) is -1.61. The van der Waals surface area contributed by atoms with E-state index < -0.39 is 17.7 Å². The largest absolute Gasteiger partial charge is 0.460 e. The zero-order chi connectivity index (χ0) is 23.8. The van der Waals surface area contributed by atoms with Gasteiger partial charge in [0.1, 0.15) is 23.2 Å². The number of anilines is 2. The molecule has 0 aliphatic rings. The van der Waals surface area contributed by atoms with Gasteiger partial charge in [0.15, 0.2) is 0 Å². The Kier molecular flexibility index (Phi) is 7.78. The number of aryl methyl sites for hydroxylation is 1. The van der Waals surface area contributed by atoms with E-state index in [0.717, 1.165) is 10.0 Å². The maximum atomic E-state index is 12.3. The molecular weight excluding hydrogens is 488 g/mol. The molecular formula is C24H19BrN4O4. The summed E-state index contributed by atoms with van der Waals surface area (Å²) in [4.78, 5) is 36.4. The Balaban J connectivity index is 1.56. The van der Waals surface area contributed by atoms with Crippen LogP contribution in [-0.4, -0.2) is 17.7 Å². The first-order valence-electron chi connectivity index (χ1n) is 9.77. The van der Waals surface area contributed by atoms with Crippen molar-refractivity contribution in [2.45, 2.75) is 13.5 Å². The highest BCUT2D eigenvalue weighted by Gasteiger charge is 2.15. The van der Waals surface area contributed by atoms with Crippen LogP contribution in [0.5, 0.6) is 0 Å². The highest BCUT2D eigenvalue weighted by molar-refractivity contribution is 9.10. The van der Waals surface area contributed by atoms with Crippen LogP contribution in [-0.2, 0) is 20.9 Å². The SMILES string of the molecule is Cc1ccc(NC(=O)C(=O)NCc2ccc(/C=C(/C#N)C(=O)Nc3ccc(Br)cc3)o2)cc1. The number of hydrogen-bond acceptors (Lipinski definition) is 5. The molecule has 1 aromatic heterocycles. The molecule has 0 radical (unpaired) electrons. The van der Waals surface area contributed by atoms with Gasteiger partial charge in [-0.2, -0.15) is 5.26 Å². The van der Waals surface area contributed by atoms with Crippen molar-refractivity contribution in [1.29, 1.82) is 5.26 Å². The number of nitrogens with one attached hydrogen (secondary N) is 3. The molecule has 9 heteroatoms. The van der Waals surface area contributed by atoms with Crippen LogP contribution in [0.3, 0.4) is 0 Å². The lowest BCUT2D eigenvalue weighted by Crippen LogP contribution is -2.34. The van der Waals surface area contributed by atoms with Gasteiger partial charge in [-0.3, -0.25) is 14.4 Å². The fourth-order valence-corrected chi connectivity index (χ4v) is 2.93. The number of benzene rings is 2. The summed E-state index contributed by atoms with van der Waals surface area (Å²) in [6, 6.07) is 18.9. The van der Waals surface area contributed by atoms with E-state index in [1.54, 1.807) is 48.5 Å². The zero-order valence-electron chi connectivity index (χ0n) is 17.5. The van der Waals surface area contributed by atoms with Crippen LogP contribution >= 0.6 is 15.9 Å². The second-order valence-electron chi connectivity index (χ2n) is 6.94. The van der Waals surface area contributed by atoms with E-state index >= 15 is 0 Å². The summed E-state index contributed by atoms with van der Waals surface area (Å²) < 4.78 is 6.39. The van der Waals surface area contributed by atoms with Crippen molar-refractivity contribution in [2.75, 3.05) is 10.6 Å². The van der Waals surface area contributed by atoms with Gasteiger partial charge in [0, 0.05) is 21.9 Å². The van der Waals surface area contributed by atoms with Gasteiger partial charge in [-0.05, 0) is 55.5 Å². The molecule has 2 aromatic carbocycles. The second kappa shape index (κ2) is 10.9. The fraction of sp³-hybridized carbons (Fsp3) is 0.0833. The van der Waals surface area contributed by atoms with Gasteiger partial charge in [0.25, 0.3) is 5.91 Å². The number of hydrogen-bond donors (Lipinski definition) is 3. The molecule has 166 valence electrons. The third kappa shape index (κ3) is 6.92. The van der Waals surface area contributed by atoms with Crippen LogP contribution in [0.4, 0.5) is 11.4 Å². The highest BCUT2D eigenvalue weighted by atomic mass is 79.9. The molecule has 0 saturated carbocycles. The number of halogens is 1. The molecule has 0 unspecified atom stereocenters. The average Bonchev–Trinajstić information content (AvgIpc) is 3.26. The number of carbonyl (C=O) groups excluding carboxylic acids is 3. The summed E-state index contributed by atoms with van der Waals surface area (Å²) >= 11 is 3.31. The van der Waals surface area contributed by atoms with Gasteiger partial charge < -0.3 is 20.4 Å². The monoisotopic (exact) mass is 506 g/mol. The van der Waals surface area contributed by atoms with Gasteiger partial charge in [0.05, 0.1) is 6.54 Å². The van der Waals surface area contributed by atoms with Crippen molar-refractivity contribution in [3.05, 3.63) is 87.8 Å². The van der Waals surface area contributed by atoms with Gasteiger partial charge in [-0.1, -0.05) is 33.6 Å². The predicted octanol–water partition coefficient (Wildman–Crippen LogP) is 4.15. The van der Waals surface area contributed by atoms with E-state index in [1.807, 2.05) is 25.1 Å². The molecule has 0 aliphatic carbocycles. The molecule has 3 N–H and O–H groups in total. The maximum absolute atomic E-state index is 12.3. The number of nitrogens with zero attached hydrogens (tertiary/aromatic N) is 1. The minimum atomic E-state index is -0.823. The second-order valence-corrected chi connectivity index (χ2v) is 7.85. The van der Waals surface area contributed by atoms with Crippen molar-refractivity contribution >= 4 is 51.1 Å². The third-order valence-corrected chi connectivity index (χ3v) is 4.90. The number of carbonyl (C=O) groups is 3. The molecule has 33 heavy (non-hydrogen) atoms. The number of furan rings is 1. The van der Waals surface area contributed by atoms with Crippen molar-refractivity contribution in [3.8, 4) is 6.07 Å². The Morgan fingerprint density at radius 1 is 0.909 bits per heavy atom. The van der Waals surface area contributed by atoms with Crippen LogP contribution in [0, 0.1) is 18.3 Å². The first-order valence-corrected chi connectivity index (χ1v) is 10.6. The van der Waals surface area contributed by atoms with Crippen molar-refractivity contribution in [2.24, 2.45) is 0 Å². The van der Waals surface area contributed by atoms with Crippen molar-refractivity contribution in [3.63, 3.8) is 0 Å². The summed E-state index contributed by atoms with van der Waals surface area (Å²) in [5.41, 5.74) is 1.93. The summed E-state index contributed by atoms with van der Waals surface area (Å²) in [5, 5.41) is 16.9. The zero-order valence-corrected chi connectivity index (χ0v) is 19.1. The molecule has 0 bridgehead atoms. The van der Waals surface area contributed by atoms with Crippen LogP contribution < -0.4 is 16.0 Å². The first-order chi connectivity index (χ1) is 15.8. The Morgan fingerprint density at radius 3 is 2.15 bits per heavy atom. The van der Waals surface area contributed by atoms with E-state index in [0.29, 0.717) is 17.1 Å². The van der Waals surface area contributed by atoms with E-state index in [9.17, 15) is 19.6 Å². The number of amides is 3. The van der Waals surface area contributed by atoms with Crippen molar-refractivity contribution in [1.82, 2.24) is 5.32 Å². The summed E-state index contributed by atoms with van der Waals surface area (Å²) in [6.07, 6.45) is 1.30. The molecule has 0 atom stereocenters. The maximum Gasteiger partial charge on any atom is 0.313 e. The molecule has 0 saturated heterocycles. The number of rotatable bonds is 6. The molecule has 0 aliphatic heterocycles. The smallest absolute Gasteiger partial charge is 0.313 e. The van der Waals surface area contributed by atoms with Crippen LogP contribution in [0.15, 0.2) is 75.1 Å². The van der Waals surface area contributed by atoms with Gasteiger partial charge in [0.2, 0.25) is 0 Å². The number of nitriles is 1. The van der Waals surface area contributed by atoms with Crippen LogP contribution in [0.1, 0.15) is 17.1 Å². The minimum absolute atomic E-state index is 0.0407. The molecule has 8 nitrogen and oxygen atoms in total. The fourth-order valence-electron chi connectivity index (χ4n) is 2.66. The summed E-state index contributed by atoms with van der Waals surface area (Å²) in [7, 11) is 0. The lowest BCUT2D eigenvalue weighted by Gasteiger charge is -2.06. The normalized spacial score (nSPS) is 10.8. The quantitative estimate of drug-likeness (QED) is 0.263. The first kappa shape index (κ1) is 23.5. The van der Waals surface area contributed by atoms with E-state index in [1.165, 1.54) is 6.08 Å². The van der Waals surface area contributed by atoms with E-state index in [-0.39, 0.29) is 17.9 Å². The molecule has 0 spiro atoms. The molecule has 3 rings (SSSR count). The third-order valence-electron chi connectivity index (χ3n) is 4.38. The van der Waals surface area contributed by atoms with Crippen LogP contribution in [0.2, 0.25) is 0 Å². The molecule has 1 heterocycles. The minimum Gasteiger partial charge on any atom is -0.460 e. The standard InChI is InChI=1S/C24H19BrN4O4/c1-15-2-6-18(7-3-15)29-24(32)23(31)27-14-21-11-10-20(33-21)12-16(13-26)22(30)28-19-8-4-17(25)5-9-19/h2-12H,14H2,1H3,(H,27,31)(H,28,30)(H,29,32)/b16-12-. The summed E-state index contributed by atoms with van der Waals surface area (Å²) in [6.45, 7) is 1.88. The Morgan fingerprint density at radius 2 is 1.52 bits per heavy atom. The lowest BCUT2D eigenvalue weighted by molar-refractivity contribution is -0.136. The van der Waals surface area contributed by atoms with Gasteiger partial charge >= 0.3 is 11.8 Å². The molecule has 3 amide bonds.